The van der Waals surface area contributed by atoms with E-state index >= 15 is 0 Å². The molecule has 0 radical (unpaired) electrons. The molecule has 3 N–H and O–H groups in total. The summed E-state index contributed by atoms with van der Waals surface area (Å²) in [6.07, 6.45) is 77.2. The molecule has 0 aromatic carbocycles. The van der Waals surface area contributed by atoms with Gasteiger partial charge in [-0.15, -0.1) is 0 Å². The maximum Gasteiger partial charge on any atom is 0.305 e. The number of amides is 1. The minimum Gasteiger partial charge on any atom is -0.466 e. The molecule has 0 spiro atoms. The Balaban J connectivity index is 3.44. The van der Waals surface area contributed by atoms with Crippen molar-refractivity contribution in [3.8, 4) is 0 Å². The fourth-order valence-electron chi connectivity index (χ4n) is 9.96. The largest absolute Gasteiger partial charge is 0.466 e. The highest BCUT2D eigenvalue weighted by atomic mass is 16.5. The van der Waals surface area contributed by atoms with Crippen LogP contribution in [-0.2, 0) is 14.3 Å². The van der Waals surface area contributed by atoms with Crippen molar-refractivity contribution in [3.05, 3.63) is 36.5 Å². The average molecular weight is 1010 g/mol. The first-order valence-corrected chi connectivity index (χ1v) is 32.2. The molecule has 0 aromatic heterocycles. The van der Waals surface area contributed by atoms with Gasteiger partial charge in [0.05, 0.1) is 25.4 Å². The van der Waals surface area contributed by atoms with E-state index in [1.165, 1.54) is 263 Å². The molecule has 6 heteroatoms. The van der Waals surface area contributed by atoms with Gasteiger partial charge in [0.2, 0.25) is 5.91 Å². The van der Waals surface area contributed by atoms with Gasteiger partial charge in [-0.1, -0.05) is 288 Å². The molecule has 72 heavy (non-hydrogen) atoms. The van der Waals surface area contributed by atoms with Gasteiger partial charge in [0.25, 0.3) is 0 Å². The third kappa shape index (κ3) is 57.4. The zero-order valence-electron chi connectivity index (χ0n) is 48.4. The van der Waals surface area contributed by atoms with E-state index < -0.39 is 12.1 Å². The maximum absolute atomic E-state index is 12.5. The molecule has 1 amide bonds. The predicted molar refractivity (Wildman–Crippen MR) is 315 cm³/mol. The van der Waals surface area contributed by atoms with E-state index in [2.05, 4.69) is 55.6 Å². The minimum atomic E-state index is -0.671. The first kappa shape index (κ1) is 70.1. The summed E-state index contributed by atoms with van der Waals surface area (Å²) in [5, 5.41) is 23.4. The second-order valence-electron chi connectivity index (χ2n) is 22.1. The van der Waals surface area contributed by atoms with E-state index in [0.717, 1.165) is 51.4 Å². The summed E-state index contributed by atoms with van der Waals surface area (Å²) in [5.41, 5.74) is 0. The van der Waals surface area contributed by atoms with Crippen LogP contribution in [0.3, 0.4) is 0 Å². The Morgan fingerprint density at radius 1 is 0.389 bits per heavy atom. The molecule has 0 bridgehead atoms. The van der Waals surface area contributed by atoms with E-state index in [1.54, 1.807) is 0 Å². The molecule has 0 saturated carbocycles. The van der Waals surface area contributed by atoms with Crippen LogP contribution in [0.5, 0.6) is 0 Å². The van der Waals surface area contributed by atoms with Crippen LogP contribution >= 0.6 is 0 Å². The molecule has 424 valence electrons. The Bertz CT molecular complexity index is 1170. The van der Waals surface area contributed by atoms with Gasteiger partial charge in [-0.25, -0.2) is 0 Å². The first-order valence-electron chi connectivity index (χ1n) is 32.2. The fourth-order valence-corrected chi connectivity index (χ4v) is 9.96. The average Bonchev–Trinajstić information content (AvgIpc) is 3.38. The van der Waals surface area contributed by atoms with Crippen LogP contribution in [0, 0.1) is 0 Å². The van der Waals surface area contributed by atoms with Gasteiger partial charge in [0, 0.05) is 12.8 Å². The molecule has 0 heterocycles. The molecule has 0 aliphatic rings. The lowest BCUT2D eigenvalue weighted by atomic mass is 10.0. The lowest BCUT2D eigenvalue weighted by molar-refractivity contribution is -0.143. The molecule has 0 fully saturated rings. The number of allylic oxidation sites excluding steroid dienone is 6. The van der Waals surface area contributed by atoms with Crippen molar-refractivity contribution >= 4 is 11.9 Å². The van der Waals surface area contributed by atoms with Crippen molar-refractivity contribution in [2.24, 2.45) is 0 Å². The first-order chi connectivity index (χ1) is 35.5. The monoisotopic (exact) mass is 1010 g/mol. The normalized spacial score (nSPS) is 12.8. The van der Waals surface area contributed by atoms with E-state index in [0.29, 0.717) is 25.9 Å². The Hall–Kier alpha value is -1.92. The summed E-state index contributed by atoms with van der Waals surface area (Å²) in [4.78, 5) is 24.6. The van der Waals surface area contributed by atoms with Crippen LogP contribution in [0.25, 0.3) is 0 Å². The van der Waals surface area contributed by atoms with Crippen LogP contribution in [0.1, 0.15) is 348 Å². The fraction of sp³-hybridized carbons (Fsp3) is 0.879. The van der Waals surface area contributed by atoms with Crippen molar-refractivity contribution in [2.45, 2.75) is 360 Å². The second-order valence-corrected chi connectivity index (χ2v) is 22.1. The van der Waals surface area contributed by atoms with Gasteiger partial charge >= 0.3 is 5.97 Å². The number of esters is 1. The van der Waals surface area contributed by atoms with E-state index in [9.17, 15) is 19.8 Å². The van der Waals surface area contributed by atoms with Crippen molar-refractivity contribution in [1.29, 1.82) is 0 Å². The number of unbranched alkanes of at least 4 members (excludes halogenated alkanes) is 43. The van der Waals surface area contributed by atoms with E-state index in [1.807, 2.05) is 0 Å². The van der Waals surface area contributed by atoms with Crippen molar-refractivity contribution in [1.82, 2.24) is 5.32 Å². The Kier molecular flexibility index (Phi) is 60.0. The summed E-state index contributed by atoms with van der Waals surface area (Å²) >= 11 is 0. The summed E-state index contributed by atoms with van der Waals surface area (Å²) in [6, 6.07) is -0.549. The van der Waals surface area contributed by atoms with E-state index in [4.69, 9.17) is 4.74 Å². The Labute approximate surface area is 449 Å². The number of carbonyl (C=O) groups excluding carboxylic acids is 2. The molecular weight excluding hydrogens is 887 g/mol. The number of aliphatic hydroxyl groups is 2. The molecule has 2 unspecified atom stereocenters. The lowest BCUT2D eigenvalue weighted by Gasteiger charge is -2.22. The highest BCUT2D eigenvalue weighted by Gasteiger charge is 2.20. The van der Waals surface area contributed by atoms with Crippen molar-refractivity contribution < 1.29 is 24.5 Å². The third-order valence-electron chi connectivity index (χ3n) is 14.9. The zero-order valence-corrected chi connectivity index (χ0v) is 48.4. The molecule has 0 aromatic rings. The highest BCUT2D eigenvalue weighted by molar-refractivity contribution is 5.76. The molecule has 0 rings (SSSR count). The van der Waals surface area contributed by atoms with Gasteiger partial charge in [-0.05, 0) is 83.5 Å². The van der Waals surface area contributed by atoms with Crippen LogP contribution in [-0.4, -0.2) is 47.4 Å². The molecular formula is C66H125NO5. The van der Waals surface area contributed by atoms with Crippen molar-refractivity contribution in [3.63, 3.8) is 0 Å². The van der Waals surface area contributed by atoms with E-state index in [-0.39, 0.29) is 18.5 Å². The minimum absolute atomic E-state index is 0.00686. The molecule has 0 saturated heterocycles. The number of rotatable bonds is 60. The maximum atomic E-state index is 12.5. The Morgan fingerprint density at radius 2 is 0.694 bits per heavy atom. The van der Waals surface area contributed by atoms with Crippen LogP contribution < -0.4 is 5.32 Å². The Morgan fingerprint density at radius 3 is 1.08 bits per heavy atom. The van der Waals surface area contributed by atoms with Crippen molar-refractivity contribution in [2.75, 3.05) is 13.2 Å². The highest BCUT2D eigenvalue weighted by Crippen LogP contribution is 2.18. The number of aliphatic hydroxyl groups excluding tert-OH is 2. The molecule has 6 nitrogen and oxygen atoms in total. The number of hydrogen-bond donors (Lipinski definition) is 3. The lowest BCUT2D eigenvalue weighted by Crippen LogP contribution is -2.45. The standard InChI is InChI=1S/C66H125NO5/c1-3-5-7-9-11-13-15-17-19-21-24-27-30-34-38-42-46-50-54-58-64(69)63(62-68)67-65(70)59-55-51-47-43-39-35-31-28-25-22-23-26-29-33-37-41-45-49-53-57-61-72-66(71)60-56-52-48-44-40-36-32-20-18-16-14-12-10-8-6-4-2/h14,16,20,22,25,32,63-64,68-69H,3-13,15,17-19,21,23-24,26-31,33-62H2,1-2H3,(H,67,70)/b16-14-,25-22-,32-20-. The quantitative estimate of drug-likeness (QED) is 0.0320. The van der Waals surface area contributed by atoms with Gasteiger partial charge in [-0.3, -0.25) is 9.59 Å². The molecule has 0 aliphatic heterocycles. The summed E-state index contributed by atoms with van der Waals surface area (Å²) < 4.78 is 5.48. The van der Waals surface area contributed by atoms with Crippen LogP contribution in [0.4, 0.5) is 0 Å². The topological polar surface area (TPSA) is 95.9 Å². The summed E-state index contributed by atoms with van der Waals surface area (Å²) in [6.45, 7) is 4.94. The van der Waals surface area contributed by atoms with Gasteiger partial charge in [-0.2, -0.15) is 0 Å². The number of ether oxygens (including phenoxy) is 1. The second kappa shape index (κ2) is 61.6. The van der Waals surface area contributed by atoms with Gasteiger partial charge in [0.1, 0.15) is 0 Å². The smallest absolute Gasteiger partial charge is 0.305 e. The van der Waals surface area contributed by atoms with Crippen LogP contribution in [0.15, 0.2) is 36.5 Å². The summed E-state index contributed by atoms with van der Waals surface area (Å²) in [7, 11) is 0. The number of nitrogens with one attached hydrogen (secondary N) is 1. The SMILES string of the molecule is CCCCCC/C=C\C/C=C\CCCCCCCC(=O)OCCCCCCCCCCC/C=C\CCCCCCCCCC(=O)NC(CO)C(O)CCCCCCCCCCCCCCCCCCCCC. The van der Waals surface area contributed by atoms with Gasteiger partial charge in [0.15, 0.2) is 0 Å². The third-order valence-corrected chi connectivity index (χ3v) is 14.9. The molecule has 2 atom stereocenters. The number of hydrogen-bond acceptors (Lipinski definition) is 5. The summed E-state index contributed by atoms with van der Waals surface area (Å²) in [5.74, 6) is -0.0482. The van der Waals surface area contributed by atoms with Gasteiger partial charge < -0.3 is 20.3 Å². The predicted octanol–water partition coefficient (Wildman–Crippen LogP) is 20.4. The molecule has 0 aliphatic carbocycles. The zero-order chi connectivity index (χ0) is 52.2. The van der Waals surface area contributed by atoms with Crippen LogP contribution in [0.2, 0.25) is 0 Å². The number of carbonyl (C=O) groups is 2.